The molecule has 0 unspecified atom stereocenters. The minimum Gasteiger partial charge on any atom is -0.326 e. The summed E-state index contributed by atoms with van der Waals surface area (Å²) >= 11 is 6.10. The summed E-state index contributed by atoms with van der Waals surface area (Å²) in [5, 5.41) is 7.61. The quantitative estimate of drug-likeness (QED) is 0.590. The summed E-state index contributed by atoms with van der Waals surface area (Å²) in [5.74, 6) is -0.241. The highest BCUT2D eigenvalue weighted by molar-refractivity contribution is 7.92. The van der Waals surface area contributed by atoms with Crippen LogP contribution in [0.4, 0.5) is 11.6 Å². The van der Waals surface area contributed by atoms with Crippen LogP contribution in [0.2, 0.25) is 5.02 Å². The summed E-state index contributed by atoms with van der Waals surface area (Å²) in [5.41, 5.74) is 2.01. The van der Waals surface area contributed by atoms with Gasteiger partial charge in [0.25, 0.3) is 10.0 Å². The van der Waals surface area contributed by atoms with Crippen LogP contribution in [-0.2, 0) is 21.4 Å². The van der Waals surface area contributed by atoms with Gasteiger partial charge in [-0.05, 0) is 44.2 Å². The highest BCUT2D eigenvalue weighted by Crippen LogP contribution is 2.19. The molecule has 11 heteroatoms. The third-order valence-corrected chi connectivity index (χ3v) is 5.97. The van der Waals surface area contributed by atoms with E-state index in [-0.39, 0.29) is 23.2 Å². The molecule has 0 spiro atoms. The number of hydrogen-bond acceptors (Lipinski definition) is 6. The van der Waals surface area contributed by atoms with E-state index < -0.39 is 10.0 Å². The molecule has 0 aliphatic carbocycles. The molecule has 0 saturated carbocycles. The molecule has 29 heavy (non-hydrogen) atoms. The first-order chi connectivity index (χ1) is 13.8. The monoisotopic (exact) mass is 434 g/mol. The molecule has 0 aliphatic heterocycles. The molecule has 0 radical (unpaired) electrons. The van der Waals surface area contributed by atoms with Gasteiger partial charge in [-0.15, -0.1) is 0 Å². The smallest absolute Gasteiger partial charge is 0.264 e. The fourth-order valence-corrected chi connectivity index (χ4v) is 3.67. The van der Waals surface area contributed by atoms with E-state index >= 15 is 0 Å². The molecular formula is C18H19ClN6O3S. The van der Waals surface area contributed by atoms with Crippen molar-refractivity contribution in [2.45, 2.75) is 31.7 Å². The molecule has 1 amide bonds. The maximum atomic E-state index is 12.4. The van der Waals surface area contributed by atoms with Gasteiger partial charge in [0, 0.05) is 24.5 Å². The molecule has 0 aliphatic rings. The lowest BCUT2D eigenvalue weighted by atomic mass is 10.3. The molecule has 0 saturated heterocycles. The number of rotatable bonds is 7. The molecule has 3 rings (SSSR count). The van der Waals surface area contributed by atoms with Crippen LogP contribution in [-0.4, -0.2) is 34.1 Å². The Morgan fingerprint density at radius 1 is 1.14 bits per heavy atom. The largest absolute Gasteiger partial charge is 0.326 e. The van der Waals surface area contributed by atoms with Crippen molar-refractivity contribution in [2.24, 2.45) is 0 Å². The fraction of sp³-hybridized carbons (Fsp3) is 0.222. The topological polar surface area (TPSA) is 119 Å². The zero-order valence-electron chi connectivity index (χ0n) is 15.8. The van der Waals surface area contributed by atoms with Crippen molar-refractivity contribution in [2.75, 3.05) is 10.0 Å². The van der Waals surface area contributed by atoms with Crippen LogP contribution in [0.15, 0.2) is 47.6 Å². The number of amides is 1. The van der Waals surface area contributed by atoms with Gasteiger partial charge in [-0.1, -0.05) is 11.6 Å². The molecule has 2 aromatic heterocycles. The number of nitrogens with one attached hydrogen (secondary N) is 2. The van der Waals surface area contributed by atoms with Crippen molar-refractivity contribution < 1.29 is 13.2 Å². The first-order valence-corrected chi connectivity index (χ1v) is 10.5. The van der Waals surface area contributed by atoms with Gasteiger partial charge < -0.3 is 5.32 Å². The van der Waals surface area contributed by atoms with Crippen molar-refractivity contribution >= 4 is 39.2 Å². The van der Waals surface area contributed by atoms with Gasteiger partial charge >= 0.3 is 0 Å². The number of carbonyl (C=O) groups excluding carboxylic acids is 1. The predicted molar refractivity (Wildman–Crippen MR) is 109 cm³/mol. The average Bonchev–Trinajstić information content (AvgIpc) is 2.94. The van der Waals surface area contributed by atoms with Gasteiger partial charge in [-0.2, -0.15) is 5.10 Å². The van der Waals surface area contributed by atoms with E-state index in [0.717, 1.165) is 11.4 Å². The zero-order valence-corrected chi connectivity index (χ0v) is 17.3. The summed E-state index contributed by atoms with van der Waals surface area (Å²) < 4.78 is 28.7. The van der Waals surface area contributed by atoms with Gasteiger partial charge in [-0.25, -0.2) is 23.1 Å². The number of aromatic nitrogens is 4. The van der Waals surface area contributed by atoms with Crippen molar-refractivity contribution in [1.29, 1.82) is 0 Å². The second-order valence-electron chi connectivity index (χ2n) is 6.21. The molecule has 0 bridgehead atoms. The summed E-state index contributed by atoms with van der Waals surface area (Å²) in [6.45, 7) is 4.03. The van der Waals surface area contributed by atoms with Gasteiger partial charge in [0.15, 0.2) is 0 Å². The molecule has 0 atom stereocenters. The summed E-state index contributed by atoms with van der Waals surface area (Å²) in [4.78, 5) is 19.9. The highest BCUT2D eigenvalue weighted by atomic mass is 35.5. The van der Waals surface area contributed by atoms with E-state index in [1.807, 2.05) is 6.92 Å². The average molecular weight is 435 g/mol. The minimum absolute atomic E-state index is 0.0193. The van der Waals surface area contributed by atoms with Crippen LogP contribution in [0.3, 0.4) is 0 Å². The second kappa shape index (κ2) is 8.58. The Morgan fingerprint density at radius 3 is 2.38 bits per heavy atom. The molecule has 3 aromatic rings. The molecule has 152 valence electrons. The van der Waals surface area contributed by atoms with E-state index in [1.165, 1.54) is 36.7 Å². The summed E-state index contributed by atoms with van der Waals surface area (Å²) in [6, 6.07) is 7.39. The van der Waals surface area contributed by atoms with Gasteiger partial charge in [0.05, 0.1) is 27.9 Å². The third kappa shape index (κ3) is 5.09. The number of nitrogens with zero attached hydrogens (tertiary/aromatic N) is 4. The standard InChI is InChI=1S/C18H19ClN6O3S/c1-12-17(19)13(2)25(23-12)11-8-16(26)22-14-4-6-15(7-5-14)29(27,28)24-18-20-9-3-10-21-18/h3-7,9-10H,8,11H2,1-2H3,(H,22,26)(H,20,21,24). The lowest BCUT2D eigenvalue weighted by Gasteiger charge is -2.09. The maximum absolute atomic E-state index is 12.4. The SMILES string of the molecule is Cc1nn(CCC(=O)Nc2ccc(S(=O)(=O)Nc3ncccn3)cc2)c(C)c1Cl. The van der Waals surface area contributed by atoms with Crippen LogP contribution in [0, 0.1) is 13.8 Å². The number of aryl methyl sites for hydroxylation is 2. The molecule has 2 heterocycles. The van der Waals surface area contributed by atoms with Crippen LogP contribution in [0.25, 0.3) is 0 Å². The zero-order chi connectivity index (χ0) is 21.0. The molecule has 0 fully saturated rings. The Hall–Kier alpha value is -2.98. The number of halogens is 1. The van der Waals surface area contributed by atoms with E-state index in [0.29, 0.717) is 17.3 Å². The van der Waals surface area contributed by atoms with Crippen molar-refractivity contribution in [1.82, 2.24) is 19.7 Å². The van der Waals surface area contributed by atoms with Crippen LogP contribution in [0.5, 0.6) is 0 Å². The Balaban J connectivity index is 1.59. The van der Waals surface area contributed by atoms with E-state index in [9.17, 15) is 13.2 Å². The van der Waals surface area contributed by atoms with Gasteiger partial charge in [0.2, 0.25) is 11.9 Å². The van der Waals surface area contributed by atoms with Gasteiger partial charge in [0.1, 0.15) is 0 Å². The number of anilines is 2. The Labute approximate surface area is 173 Å². The minimum atomic E-state index is -3.82. The maximum Gasteiger partial charge on any atom is 0.264 e. The van der Waals surface area contributed by atoms with E-state index in [2.05, 4.69) is 25.1 Å². The first kappa shape index (κ1) is 20.7. The molecule has 1 aromatic carbocycles. The molecular weight excluding hydrogens is 416 g/mol. The Bertz CT molecular complexity index is 1110. The number of benzene rings is 1. The lowest BCUT2D eigenvalue weighted by Crippen LogP contribution is -2.16. The predicted octanol–water partition coefficient (Wildman–Crippen LogP) is 2.77. The number of carbonyl (C=O) groups is 1. The van der Waals surface area contributed by atoms with Crippen LogP contribution in [0.1, 0.15) is 17.8 Å². The Kier molecular flexibility index (Phi) is 6.14. The van der Waals surface area contributed by atoms with Crippen molar-refractivity contribution in [3.8, 4) is 0 Å². The fourth-order valence-electron chi connectivity index (χ4n) is 2.57. The van der Waals surface area contributed by atoms with Crippen LogP contribution >= 0.6 is 11.6 Å². The molecule has 9 nitrogen and oxygen atoms in total. The van der Waals surface area contributed by atoms with Crippen molar-refractivity contribution in [3.63, 3.8) is 0 Å². The normalized spacial score (nSPS) is 11.3. The third-order valence-electron chi connectivity index (χ3n) is 4.08. The number of hydrogen-bond donors (Lipinski definition) is 2. The summed E-state index contributed by atoms with van der Waals surface area (Å²) in [7, 11) is -3.82. The first-order valence-electron chi connectivity index (χ1n) is 8.65. The molecule has 2 N–H and O–H groups in total. The van der Waals surface area contributed by atoms with E-state index in [4.69, 9.17) is 11.6 Å². The van der Waals surface area contributed by atoms with Crippen LogP contribution < -0.4 is 10.0 Å². The highest BCUT2D eigenvalue weighted by Gasteiger charge is 2.16. The Morgan fingerprint density at radius 2 is 1.79 bits per heavy atom. The summed E-state index contributed by atoms with van der Waals surface area (Å²) in [6.07, 6.45) is 3.07. The lowest BCUT2D eigenvalue weighted by molar-refractivity contribution is -0.116. The van der Waals surface area contributed by atoms with Crippen molar-refractivity contribution in [3.05, 3.63) is 59.1 Å². The van der Waals surface area contributed by atoms with E-state index in [1.54, 1.807) is 17.7 Å². The number of sulfonamides is 1. The van der Waals surface area contributed by atoms with Gasteiger partial charge in [-0.3, -0.25) is 9.48 Å². The second-order valence-corrected chi connectivity index (χ2v) is 8.27.